The van der Waals surface area contributed by atoms with Crippen LogP contribution in [0.4, 0.5) is 0 Å². The number of carboxylic acids is 1. The smallest absolute Gasteiger partial charge is 0.310 e. The maximum Gasteiger partial charge on any atom is 0.310 e. The third-order valence-electron chi connectivity index (χ3n) is 3.07. The van der Waals surface area contributed by atoms with Gasteiger partial charge in [-0.15, -0.1) is 0 Å². The van der Waals surface area contributed by atoms with Crippen LogP contribution in [0.1, 0.15) is 25.8 Å². The van der Waals surface area contributed by atoms with Gasteiger partial charge in [-0.05, 0) is 32.3 Å². The van der Waals surface area contributed by atoms with Crippen LogP contribution in [0.3, 0.4) is 0 Å². The quantitative estimate of drug-likeness (QED) is 0.800. The minimum Gasteiger partial charge on any atom is -0.481 e. The lowest BCUT2D eigenvalue weighted by Gasteiger charge is -2.26. The molecule has 0 heterocycles. The molecule has 1 atom stereocenters. The molecule has 1 aromatic rings. The van der Waals surface area contributed by atoms with Crippen molar-refractivity contribution in [3.8, 4) is 0 Å². The SMILES string of the molecule is CC(C)(C(=O)O)[C@@H](N)CCc1ccccc1. The van der Waals surface area contributed by atoms with Gasteiger partial charge in [-0.25, -0.2) is 0 Å². The molecule has 3 heteroatoms. The predicted octanol–water partition coefficient (Wildman–Crippen LogP) is 2.06. The summed E-state index contributed by atoms with van der Waals surface area (Å²) in [5.74, 6) is -0.840. The largest absolute Gasteiger partial charge is 0.481 e. The average Bonchev–Trinajstić information content (AvgIpc) is 2.27. The Morgan fingerprint density at radius 1 is 1.38 bits per heavy atom. The molecule has 0 saturated carbocycles. The highest BCUT2D eigenvalue weighted by Crippen LogP contribution is 2.22. The molecule has 0 spiro atoms. The fraction of sp³-hybridized carbons (Fsp3) is 0.462. The summed E-state index contributed by atoms with van der Waals surface area (Å²) in [6.07, 6.45) is 1.50. The van der Waals surface area contributed by atoms with E-state index in [-0.39, 0.29) is 6.04 Å². The van der Waals surface area contributed by atoms with Crippen LogP contribution in [0.2, 0.25) is 0 Å². The molecule has 3 nitrogen and oxygen atoms in total. The van der Waals surface area contributed by atoms with Crippen LogP contribution in [0.25, 0.3) is 0 Å². The highest BCUT2D eigenvalue weighted by molar-refractivity contribution is 5.74. The number of carbonyl (C=O) groups is 1. The van der Waals surface area contributed by atoms with E-state index in [4.69, 9.17) is 10.8 Å². The number of nitrogens with two attached hydrogens (primary N) is 1. The lowest BCUT2D eigenvalue weighted by molar-refractivity contribution is -0.148. The van der Waals surface area contributed by atoms with E-state index in [2.05, 4.69) is 0 Å². The predicted molar refractivity (Wildman–Crippen MR) is 64.2 cm³/mol. The number of benzene rings is 1. The van der Waals surface area contributed by atoms with E-state index in [9.17, 15) is 4.79 Å². The van der Waals surface area contributed by atoms with E-state index in [1.54, 1.807) is 13.8 Å². The Kier molecular flexibility index (Phi) is 4.07. The molecule has 88 valence electrons. The highest BCUT2D eigenvalue weighted by Gasteiger charge is 2.33. The first-order valence-electron chi connectivity index (χ1n) is 5.47. The summed E-state index contributed by atoms with van der Waals surface area (Å²) >= 11 is 0. The first-order valence-corrected chi connectivity index (χ1v) is 5.47. The monoisotopic (exact) mass is 221 g/mol. The Balaban J connectivity index is 2.53. The van der Waals surface area contributed by atoms with Crippen molar-refractivity contribution >= 4 is 5.97 Å². The van der Waals surface area contributed by atoms with Crippen LogP contribution < -0.4 is 5.73 Å². The minimum absolute atomic E-state index is 0.329. The number of carboxylic acid groups (broad SMARTS) is 1. The molecule has 0 radical (unpaired) electrons. The third-order valence-corrected chi connectivity index (χ3v) is 3.07. The molecule has 0 saturated heterocycles. The van der Waals surface area contributed by atoms with Gasteiger partial charge in [-0.2, -0.15) is 0 Å². The molecule has 1 rings (SSSR count). The van der Waals surface area contributed by atoms with Crippen LogP contribution in [0, 0.1) is 5.41 Å². The van der Waals surface area contributed by atoms with Crippen molar-refractivity contribution in [1.82, 2.24) is 0 Å². The molecule has 0 aliphatic carbocycles. The zero-order valence-corrected chi connectivity index (χ0v) is 9.81. The van der Waals surface area contributed by atoms with Crippen LogP contribution in [-0.2, 0) is 11.2 Å². The lowest BCUT2D eigenvalue weighted by Crippen LogP contribution is -2.43. The van der Waals surface area contributed by atoms with E-state index in [1.165, 1.54) is 5.56 Å². The zero-order valence-electron chi connectivity index (χ0n) is 9.81. The number of rotatable bonds is 5. The Morgan fingerprint density at radius 3 is 2.44 bits per heavy atom. The van der Waals surface area contributed by atoms with Crippen molar-refractivity contribution in [2.24, 2.45) is 11.1 Å². The van der Waals surface area contributed by atoms with Crippen LogP contribution in [-0.4, -0.2) is 17.1 Å². The van der Waals surface area contributed by atoms with E-state index < -0.39 is 11.4 Å². The minimum atomic E-state index is -0.866. The second kappa shape index (κ2) is 5.12. The van der Waals surface area contributed by atoms with Crippen molar-refractivity contribution in [1.29, 1.82) is 0 Å². The standard InChI is InChI=1S/C13H19NO2/c1-13(2,12(15)16)11(14)9-8-10-6-4-3-5-7-10/h3-7,11H,8-9,14H2,1-2H3,(H,15,16)/t11-/m0/s1. The third kappa shape index (κ3) is 3.07. The summed E-state index contributed by atoms with van der Waals surface area (Å²) in [7, 11) is 0. The molecule has 3 N–H and O–H groups in total. The average molecular weight is 221 g/mol. The van der Waals surface area contributed by atoms with Crippen LogP contribution in [0.15, 0.2) is 30.3 Å². The zero-order chi connectivity index (χ0) is 12.2. The maximum absolute atomic E-state index is 11.0. The summed E-state index contributed by atoms with van der Waals surface area (Å²) in [4.78, 5) is 11.0. The molecule has 1 aromatic carbocycles. The summed E-state index contributed by atoms with van der Waals surface area (Å²) in [6, 6.07) is 9.64. The van der Waals surface area contributed by atoms with Gasteiger partial charge < -0.3 is 10.8 Å². The molecular weight excluding hydrogens is 202 g/mol. The van der Waals surface area contributed by atoms with Crippen molar-refractivity contribution in [3.05, 3.63) is 35.9 Å². The second-order valence-corrected chi connectivity index (χ2v) is 4.66. The molecule has 0 amide bonds. The van der Waals surface area contributed by atoms with Crippen LogP contribution >= 0.6 is 0 Å². The van der Waals surface area contributed by atoms with E-state index >= 15 is 0 Å². The molecular formula is C13H19NO2. The first-order chi connectivity index (χ1) is 7.44. The van der Waals surface area contributed by atoms with E-state index in [0.29, 0.717) is 6.42 Å². The fourth-order valence-electron chi connectivity index (χ4n) is 1.49. The van der Waals surface area contributed by atoms with Gasteiger partial charge >= 0.3 is 5.97 Å². The van der Waals surface area contributed by atoms with Gasteiger partial charge in [0.2, 0.25) is 0 Å². The molecule has 0 aliphatic rings. The summed E-state index contributed by atoms with van der Waals surface area (Å²) in [5.41, 5.74) is 6.25. The number of hydrogen-bond donors (Lipinski definition) is 2. The van der Waals surface area contributed by atoms with Crippen molar-refractivity contribution in [2.75, 3.05) is 0 Å². The van der Waals surface area contributed by atoms with Gasteiger partial charge in [0.1, 0.15) is 0 Å². The normalized spacial score (nSPS) is 13.4. The van der Waals surface area contributed by atoms with E-state index in [1.807, 2.05) is 30.3 Å². The summed E-state index contributed by atoms with van der Waals surface area (Å²) < 4.78 is 0. The molecule has 0 fully saturated rings. The van der Waals surface area contributed by atoms with Gasteiger partial charge in [-0.1, -0.05) is 30.3 Å². The Labute approximate surface area is 96.3 Å². The maximum atomic E-state index is 11.0. The van der Waals surface area contributed by atoms with Crippen molar-refractivity contribution in [3.63, 3.8) is 0 Å². The first kappa shape index (κ1) is 12.7. The Bertz CT molecular complexity index is 346. The van der Waals surface area contributed by atoms with Crippen molar-refractivity contribution in [2.45, 2.75) is 32.7 Å². The van der Waals surface area contributed by atoms with Gasteiger partial charge in [0.05, 0.1) is 5.41 Å². The van der Waals surface area contributed by atoms with Gasteiger partial charge in [0, 0.05) is 6.04 Å². The van der Waals surface area contributed by atoms with Crippen molar-refractivity contribution < 1.29 is 9.90 Å². The molecule has 0 bridgehead atoms. The van der Waals surface area contributed by atoms with E-state index in [0.717, 1.165) is 6.42 Å². The van der Waals surface area contributed by atoms with Gasteiger partial charge in [-0.3, -0.25) is 4.79 Å². The topological polar surface area (TPSA) is 63.3 Å². The molecule has 0 aliphatic heterocycles. The molecule has 0 aromatic heterocycles. The molecule has 16 heavy (non-hydrogen) atoms. The second-order valence-electron chi connectivity index (χ2n) is 4.66. The van der Waals surface area contributed by atoms with Crippen LogP contribution in [0.5, 0.6) is 0 Å². The number of aryl methyl sites for hydroxylation is 1. The Morgan fingerprint density at radius 2 is 1.94 bits per heavy atom. The Hall–Kier alpha value is -1.35. The highest BCUT2D eigenvalue weighted by atomic mass is 16.4. The summed E-state index contributed by atoms with van der Waals surface area (Å²) in [6.45, 7) is 3.34. The number of aliphatic carboxylic acids is 1. The van der Waals surface area contributed by atoms with Gasteiger partial charge in [0.25, 0.3) is 0 Å². The number of hydrogen-bond acceptors (Lipinski definition) is 2. The molecule has 0 unspecified atom stereocenters. The lowest BCUT2D eigenvalue weighted by atomic mass is 9.82. The summed E-state index contributed by atoms with van der Waals surface area (Å²) in [5, 5.41) is 9.03. The van der Waals surface area contributed by atoms with Gasteiger partial charge in [0.15, 0.2) is 0 Å². The fourth-order valence-corrected chi connectivity index (χ4v) is 1.49.